The number of nitrogens with zero attached hydrogens (tertiary/aromatic N) is 1. The standard InChI is InChI=1S/C12H28N2O2/c1-10(2)13-7-12(9-16-6)14(4)11(3)8-15-5/h10-13H,7-9H2,1-6H3. The maximum atomic E-state index is 5.26. The average molecular weight is 232 g/mol. The third-order valence-electron chi connectivity index (χ3n) is 2.80. The highest BCUT2D eigenvalue weighted by Gasteiger charge is 2.19. The van der Waals surface area contributed by atoms with Gasteiger partial charge in [0.15, 0.2) is 0 Å². The number of likely N-dealkylation sites (N-methyl/N-ethyl adjacent to an activating group) is 1. The zero-order valence-electron chi connectivity index (χ0n) is 11.6. The number of hydrogen-bond donors (Lipinski definition) is 1. The van der Waals surface area contributed by atoms with Crippen LogP contribution in [-0.4, -0.2) is 64.1 Å². The monoisotopic (exact) mass is 232 g/mol. The summed E-state index contributed by atoms with van der Waals surface area (Å²) in [7, 11) is 5.61. The smallest absolute Gasteiger partial charge is 0.0630 e. The zero-order chi connectivity index (χ0) is 12.6. The van der Waals surface area contributed by atoms with E-state index in [1.165, 1.54) is 0 Å². The number of ether oxygens (including phenoxy) is 2. The van der Waals surface area contributed by atoms with Gasteiger partial charge in [0.1, 0.15) is 0 Å². The molecule has 0 aromatic rings. The first-order valence-electron chi connectivity index (χ1n) is 5.96. The molecule has 0 saturated carbocycles. The minimum Gasteiger partial charge on any atom is -0.383 e. The van der Waals surface area contributed by atoms with Gasteiger partial charge in [0, 0.05) is 38.9 Å². The molecule has 0 aromatic carbocycles. The van der Waals surface area contributed by atoms with Crippen LogP contribution in [0.3, 0.4) is 0 Å². The minimum atomic E-state index is 0.387. The van der Waals surface area contributed by atoms with Gasteiger partial charge in [-0.3, -0.25) is 4.90 Å². The van der Waals surface area contributed by atoms with E-state index in [2.05, 4.69) is 38.0 Å². The van der Waals surface area contributed by atoms with E-state index in [4.69, 9.17) is 9.47 Å². The van der Waals surface area contributed by atoms with Crippen molar-refractivity contribution in [3.8, 4) is 0 Å². The zero-order valence-corrected chi connectivity index (χ0v) is 11.6. The van der Waals surface area contributed by atoms with E-state index in [-0.39, 0.29) is 0 Å². The third-order valence-corrected chi connectivity index (χ3v) is 2.80. The van der Waals surface area contributed by atoms with Crippen LogP contribution in [-0.2, 0) is 9.47 Å². The van der Waals surface area contributed by atoms with E-state index >= 15 is 0 Å². The van der Waals surface area contributed by atoms with E-state index in [1.807, 2.05) is 0 Å². The molecule has 0 rings (SSSR count). The molecule has 0 fully saturated rings. The van der Waals surface area contributed by atoms with E-state index in [9.17, 15) is 0 Å². The first-order valence-corrected chi connectivity index (χ1v) is 5.96. The molecule has 0 radical (unpaired) electrons. The van der Waals surface area contributed by atoms with Gasteiger partial charge in [-0.15, -0.1) is 0 Å². The Hall–Kier alpha value is -0.160. The quantitative estimate of drug-likeness (QED) is 0.642. The van der Waals surface area contributed by atoms with Gasteiger partial charge in [-0.1, -0.05) is 13.8 Å². The Kier molecular flexibility index (Phi) is 8.84. The summed E-state index contributed by atoms with van der Waals surface area (Å²) in [5.74, 6) is 0. The fraction of sp³-hybridized carbons (Fsp3) is 1.00. The molecule has 2 unspecified atom stereocenters. The van der Waals surface area contributed by atoms with Crippen LogP contribution in [0.4, 0.5) is 0 Å². The Morgan fingerprint density at radius 2 is 1.62 bits per heavy atom. The summed E-state index contributed by atoms with van der Waals surface area (Å²) in [6, 6.07) is 1.29. The van der Waals surface area contributed by atoms with Gasteiger partial charge >= 0.3 is 0 Å². The number of nitrogens with one attached hydrogen (secondary N) is 1. The second-order valence-electron chi connectivity index (χ2n) is 4.64. The molecule has 0 aliphatic carbocycles. The summed E-state index contributed by atoms with van der Waals surface area (Å²) >= 11 is 0. The summed E-state index contributed by atoms with van der Waals surface area (Å²) in [5.41, 5.74) is 0. The van der Waals surface area contributed by atoms with Crippen LogP contribution in [0.25, 0.3) is 0 Å². The molecule has 0 aliphatic rings. The number of methoxy groups -OCH3 is 2. The lowest BCUT2D eigenvalue weighted by Gasteiger charge is -2.33. The van der Waals surface area contributed by atoms with Crippen molar-refractivity contribution in [3.05, 3.63) is 0 Å². The van der Waals surface area contributed by atoms with E-state index in [1.54, 1.807) is 14.2 Å². The van der Waals surface area contributed by atoms with Crippen molar-refractivity contribution in [2.75, 3.05) is 41.0 Å². The SMILES string of the molecule is COCC(C)N(C)C(CNC(C)C)COC. The van der Waals surface area contributed by atoms with Crippen LogP contribution in [0, 0.1) is 0 Å². The summed E-state index contributed by atoms with van der Waals surface area (Å²) in [6.45, 7) is 8.91. The summed E-state index contributed by atoms with van der Waals surface area (Å²) in [5, 5.41) is 3.45. The Morgan fingerprint density at radius 1 is 1.06 bits per heavy atom. The van der Waals surface area contributed by atoms with Crippen molar-refractivity contribution in [2.45, 2.75) is 38.9 Å². The first kappa shape index (κ1) is 15.8. The van der Waals surface area contributed by atoms with Crippen LogP contribution in [0.1, 0.15) is 20.8 Å². The molecule has 4 heteroatoms. The van der Waals surface area contributed by atoms with Crippen molar-refractivity contribution in [1.82, 2.24) is 10.2 Å². The molecule has 4 nitrogen and oxygen atoms in total. The molecular formula is C12H28N2O2. The minimum absolute atomic E-state index is 0.387. The van der Waals surface area contributed by atoms with Gasteiger partial charge in [0.25, 0.3) is 0 Å². The molecule has 2 atom stereocenters. The van der Waals surface area contributed by atoms with Gasteiger partial charge in [-0.05, 0) is 14.0 Å². The fourth-order valence-corrected chi connectivity index (χ4v) is 1.60. The van der Waals surface area contributed by atoms with E-state index in [0.717, 1.165) is 19.8 Å². The normalized spacial score (nSPS) is 15.8. The molecule has 0 aromatic heterocycles. The predicted octanol–water partition coefficient (Wildman–Crippen LogP) is 0.966. The van der Waals surface area contributed by atoms with Gasteiger partial charge in [-0.25, -0.2) is 0 Å². The van der Waals surface area contributed by atoms with Gasteiger partial charge in [0.05, 0.1) is 13.2 Å². The largest absolute Gasteiger partial charge is 0.383 e. The maximum Gasteiger partial charge on any atom is 0.0630 e. The van der Waals surface area contributed by atoms with Crippen LogP contribution in [0.15, 0.2) is 0 Å². The van der Waals surface area contributed by atoms with Crippen molar-refractivity contribution in [1.29, 1.82) is 0 Å². The molecule has 0 saturated heterocycles. The van der Waals surface area contributed by atoms with Crippen molar-refractivity contribution in [2.24, 2.45) is 0 Å². The highest BCUT2D eigenvalue weighted by Crippen LogP contribution is 2.03. The van der Waals surface area contributed by atoms with Gasteiger partial charge < -0.3 is 14.8 Å². The lowest BCUT2D eigenvalue weighted by atomic mass is 10.2. The molecule has 1 N–H and O–H groups in total. The van der Waals surface area contributed by atoms with Crippen LogP contribution < -0.4 is 5.32 Å². The molecule has 0 aliphatic heterocycles. The Bertz CT molecular complexity index is 165. The topological polar surface area (TPSA) is 33.7 Å². The second kappa shape index (κ2) is 8.93. The second-order valence-corrected chi connectivity index (χ2v) is 4.64. The van der Waals surface area contributed by atoms with Crippen molar-refractivity contribution < 1.29 is 9.47 Å². The Balaban J connectivity index is 4.15. The van der Waals surface area contributed by atoms with Crippen LogP contribution in [0.2, 0.25) is 0 Å². The Labute approximate surface area is 100 Å². The predicted molar refractivity (Wildman–Crippen MR) is 67.9 cm³/mol. The molecule has 0 amide bonds. The summed E-state index contributed by atoms with van der Waals surface area (Å²) < 4.78 is 10.4. The van der Waals surface area contributed by atoms with E-state index in [0.29, 0.717) is 18.1 Å². The molecule has 0 spiro atoms. The highest BCUT2D eigenvalue weighted by atomic mass is 16.5. The van der Waals surface area contributed by atoms with Gasteiger partial charge in [0.2, 0.25) is 0 Å². The molecule has 0 heterocycles. The number of rotatable bonds is 9. The molecule has 0 bridgehead atoms. The maximum absolute atomic E-state index is 5.26. The molecule has 16 heavy (non-hydrogen) atoms. The molecule has 98 valence electrons. The first-order chi connectivity index (χ1) is 7.52. The Morgan fingerprint density at radius 3 is 2.06 bits per heavy atom. The van der Waals surface area contributed by atoms with Crippen molar-refractivity contribution in [3.63, 3.8) is 0 Å². The number of hydrogen-bond acceptors (Lipinski definition) is 4. The lowest BCUT2D eigenvalue weighted by Crippen LogP contribution is -2.49. The molecular weight excluding hydrogens is 204 g/mol. The summed E-state index contributed by atoms with van der Waals surface area (Å²) in [6.07, 6.45) is 0. The van der Waals surface area contributed by atoms with Crippen molar-refractivity contribution >= 4 is 0 Å². The highest BCUT2D eigenvalue weighted by molar-refractivity contribution is 4.76. The van der Waals surface area contributed by atoms with E-state index < -0.39 is 0 Å². The summed E-state index contributed by atoms with van der Waals surface area (Å²) in [4.78, 5) is 2.31. The van der Waals surface area contributed by atoms with Gasteiger partial charge in [-0.2, -0.15) is 0 Å². The fourth-order valence-electron chi connectivity index (χ4n) is 1.60. The van der Waals surface area contributed by atoms with Crippen LogP contribution in [0.5, 0.6) is 0 Å². The average Bonchev–Trinajstić information content (AvgIpc) is 2.23. The van der Waals surface area contributed by atoms with Crippen LogP contribution >= 0.6 is 0 Å². The lowest BCUT2D eigenvalue weighted by molar-refractivity contribution is 0.0493. The third kappa shape index (κ3) is 6.43.